The molecule has 0 bridgehead atoms. The molecule has 0 atom stereocenters. The van der Waals surface area contributed by atoms with Gasteiger partial charge < -0.3 is 9.30 Å². The zero-order valence-electron chi connectivity index (χ0n) is 19.8. The zero-order chi connectivity index (χ0) is 23.0. The number of likely N-dealkylation sites (tertiary alicyclic amines) is 1. The normalized spacial score (nSPS) is 18.4. The SMILES string of the molecule is c1ccc(Cn2c(SCCN3CCOCC3)nnc2C2CCN(Cc3cccnc3)CC2)cc1. The third kappa shape index (κ3) is 6.24. The van der Waals surface area contributed by atoms with E-state index in [1.165, 1.54) is 11.1 Å². The van der Waals surface area contributed by atoms with Crippen molar-refractivity contribution in [3.63, 3.8) is 0 Å². The van der Waals surface area contributed by atoms with Crippen molar-refractivity contribution in [2.75, 3.05) is 51.7 Å². The molecule has 7 nitrogen and oxygen atoms in total. The topological polar surface area (TPSA) is 59.3 Å². The number of pyridine rings is 1. The molecule has 0 N–H and O–H groups in total. The van der Waals surface area contributed by atoms with Gasteiger partial charge in [-0.25, -0.2) is 0 Å². The Balaban J connectivity index is 1.24. The van der Waals surface area contributed by atoms with Crippen LogP contribution >= 0.6 is 11.8 Å². The minimum atomic E-state index is 0.454. The van der Waals surface area contributed by atoms with Crippen LogP contribution in [0, 0.1) is 0 Å². The molecule has 2 saturated heterocycles. The smallest absolute Gasteiger partial charge is 0.191 e. The van der Waals surface area contributed by atoms with E-state index in [0.717, 1.165) is 88.6 Å². The summed E-state index contributed by atoms with van der Waals surface area (Å²) in [7, 11) is 0. The van der Waals surface area contributed by atoms with E-state index in [9.17, 15) is 0 Å². The van der Waals surface area contributed by atoms with Gasteiger partial charge in [-0.2, -0.15) is 0 Å². The highest BCUT2D eigenvalue weighted by molar-refractivity contribution is 7.99. The monoisotopic (exact) mass is 478 g/mol. The van der Waals surface area contributed by atoms with E-state index in [-0.39, 0.29) is 0 Å². The molecule has 5 rings (SSSR count). The summed E-state index contributed by atoms with van der Waals surface area (Å²) in [6, 6.07) is 14.9. The molecule has 2 aliphatic rings. The Kier molecular flexibility index (Phi) is 8.24. The van der Waals surface area contributed by atoms with Crippen molar-refractivity contribution in [2.24, 2.45) is 0 Å². The van der Waals surface area contributed by atoms with Crippen LogP contribution in [0.25, 0.3) is 0 Å². The van der Waals surface area contributed by atoms with Crippen molar-refractivity contribution in [3.05, 3.63) is 71.8 Å². The third-order valence-corrected chi connectivity index (χ3v) is 7.70. The third-order valence-electron chi connectivity index (χ3n) is 6.75. The molecule has 2 fully saturated rings. The molecule has 0 amide bonds. The quantitative estimate of drug-likeness (QED) is 0.436. The van der Waals surface area contributed by atoms with Crippen LogP contribution in [0.4, 0.5) is 0 Å². The summed E-state index contributed by atoms with van der Waals surface area (Å²) in [5, 5.41) is 10.5. The van der Waals surface area contributed by atoms with Crippen LogP contribution in [0.3, 0.4) is 0 Å². The van der Waals surface area contributed by atoms with Gasteiger partial charge in [0.15, 0.2) is 5.16 Å². The van der Waals surface area contributed by atoms with Crippen molar-refractivity contribution >= 4 is 11.8 Å². The number of hydrogen-bond donors (Lipinski definition) is 0. The van der Waals surface area contributed by atoms with Crippen LogP contribution in [0.1, 0.15) is 35.7 Å². The van der Waals surface area contributed by atoms with Gasteiger partial charge in [0.1, 0.15) is 5.82 Å². The van der Waals surface area contributed by atoms with Gasteiger partial charge in [-0.3, -0.25) is 14.8 Å². The first kappa shape index (κ1) is 23.5. The number of ether oxygens (including phenoxy) is 1. The Morgan fingerprint density at radius 3 is 2.41 bits per heavy atom. The lowest BCUT2D eigenvalue weighted by atomic mass is 9.95. The van der Waals surface area contributed by atoms with Crippen LogP contribution in [-0.2, 0) is 17.8 Å². The molecule has 0 aliphatic carbocycles. The van der Waals surface area contributed by atoms with Crippen LogP contribution in [0.15, 0.2) is 60.0 Å². The van der Waals surface area contributed by atoms with Crippen LogP contribution < -0.4 is 0 Å². The number of thioether (sulfide) groups is 1. The summed E-state index contributed by atoms with van der Waals surface area (Å²) in [5.74, 6) is 2.63. The van der Waals surface area contributed by atoms with E-state index in [4.69, 9.17) is 9.84 Å². The average molecular weight is 479 g/mol. The summed E-state index contributed by atoms with van der Waals surface area (Å²) < 4.78 is 7.86. The molecule has 34 heavy (non-hydrogen) atoms. The molecule has 180 valence electrons. The number of nitrogens with zero attached hydrogens (tertiary/aromatic N) is 6. The Morgan fingerprint density at radius 1 is 0.853 bits per heavy atom. The van der Waals surface area contributed by atoms with E-state index in [0.29, 0.717) is 5.92 Å². The standard InChI is InChI=1S/C26H34N6OS/c1-2-5-22(6-3-1)21-32-25(28-29-26(32)34-18-15-30-13-16-33-17-14-30)24-8-11-31(12-9-24)20-23-7-4-10-27-19-23/h1-7,10,19,24H,8-9,11-18,20-21H2. The van der Waals surface area contributed by atoms with Crippen LogP contribution in [0.2, 0.25) is 0 Å². The Bertz CT molecular complexity index is 1000. The van der Waals surface area contributed by atoms with Crippen LogP contribution in [0.5, 0.6) is 0 Å². The minimum absolute atomic E-state index is 0.454. The highest BCUT2D eigenvalue weighted by atomic mass is 32.2. The van der Waals surface area contributed by atoms with Gasteiger partial charge in [0.2, 0.25) is 0 Å². The first-order valence-corrected chi connectivity index (χ1v) is 13.3. The number of benzene rings is 1. The molecule has 0 unspecified atom stereocenters. The Morgan fingerprint density at radius 2 is 1.65 bits per heavy atom. The highest BCUT2D eigenvalue weighted by Crippen LogP contribution is 2.30. The van der Waals surface area contributed by atoms with Gasteiger partial charge in [-0.05, 0) is 43.1 Å². The predicted octanol–water partition coefficient (Wildman–Crippen LogP) is 3.53. The second kappa shape index (κ2) is 11.9. The Labute approximate surface area is 206 Å². The first-order chi connectivity index (χ1) is 16.8. The lowest BCUT2D eigenvalue weighted by Crippen LogP contribution is -2.37. The molecule has 0 saturated carbocycles. The average Bonchev–Trinajstić information content (AvgIpc) is 3.28. The second-order valence-corrected chi connectivity index (χ2v) is 10.2. The summed E-state index contributed by atoms with van der Waals surface area (Å²) in [6.07, 6.45) is 6.05. The van der Waals surface area contributed by atoms with E-state index < -0.39 is 0 Å². The van der Waals surface area contributed by atoms with Crippen LogP contribution in [-0.4, -0.2) is 81.2 Å². The fourth-order valence-corrected chi connectivity index (χ4v) is 5.76. The number of hydrogen-bond acceptors (Lipinski definition) is 7. The summed E-state index contributed by atoms with van der Waals surface area (Å²) in [5.41, 5.74) is 2.58. The van der Waals surface area contributed by atoms with Crippen molar-refractivity contribution in [2.45, 2.75) is 37.0 Å². The first-order valence-electron chi connectivity index (χ1n) is 12.4. The maximum atomic E-state index is 5.48. The molecule has 2 aromatic heterocycles. The molecule has 4 heterocycles. The molecule has 0 spiro atoms. The van der Waals surface area contributed by atoms with Gasteiger partial charge in [0.05, 0.1) is 19.8 Å². The largest absolute Gasteiger partial charge is 0.379 e. The highest BCUT2D eigenvalue weighted by Gasteiger charge is 2.26. The minimum Gasteiger partial charge on any atom is -0.379 e. The lowest BCUT2D eigenvalue weighted by molar-refractivity contribution is 0.0410. The molecule has 8 heteroatoms. The zero-order valence-corrected chi connectivity index (χ0v) is 20.6. The van der Waals surface area contributed by atoms with E-state index in [1.54, 1.807) is 0 Å². The van der Waals surface area contributed by atoms with E-state index in [2.05, 4.69) is 60.8 Å². The van der Waals surface area contributed by atoms with Crippen molar-refractivity contribution in [1.82, 2.24) is 29.5 Å². The molecule has 1 aromatic carbocycles. The fourth-order valence-electron chi connectivity index (χ4n) is 4.81. The molecule has 3 aromatic rings. The second-order valence-electron chi connectivity index (χ2n) is 9.13. The van der Waals surface area contributed by atoms with E-state index >= 15 is 0 Å². The molecular weight excluding hydrogens is 444 g/mol. The van der Waals surface area contributed by atoms with Crippen molar-refractivity contribution in [3.8, 4) is 0 Å². The molecular formula is C26H34N6OS. The summed E-state index contributed by atoms with van der Waals surface area (Å²) in [4.78, 5) is 9.27. The van der Waals surface area contributed by atoms with Gasteiger partial charge in [-0.15, -0.1) is 10.2 Å². The van der Waals surface area contributed by atoms with Gasteiger partial charge in [-0.1, -0.05) is 48.2 Å². The number of piperidine rings is 1. The summed E-state index contributed by atoms with van der Waals surface area (Å²) >= 11 is 1.84. The number of rotatable bonds is 9. The van der Waals surface area contributed by atoms with Gasteiger partial charge in [0, 0.05) is 50.2 Å². The lowest BCUT2D eigenvalue weighted by Gasteiger charge is -2.31. The summed E-state index contributed by atoms with van der Waals surface area (Å²) in [6.45, 7) is 8.78. The number of morpholine rings is 1. The molecule has 2 aliphatic heterocycles. The molecule has 0 radical (unpaired) electrons. The van der Waals surface area contributed by atoms with Gasteiger partial charge >= 0.3 is 0 Å². The number of aromatic nitrogens is 4. The maximum Gasteiger partial charge on any atom is 0.191 e. The van der Waals surface area contributed by atoms with Crippen molar-refractivity contribution < 1.29 is 4.74 Å². The van der Waals surface area contributed by atoms with E-state index in [1.807, 2.05) is 30.2 Å². The Hall–Kier alpha value is -2.26. The predicted molar refractivity (Wildman–Crippen MR) is 135 cm³/mol. The van der Waals surface area contributed by atoms with Gasteiger partial charge in [0.25, 0.3) is 0 Å². The van der Waals surface area contributed by atoms with Crippen molar-refractivity contribution in [1.29, 1.82) is 0 Å². The maximum absolute atomic E-state index is 5.48. The fraction of sp³-hybridized carbons (Fsp3) is 0.500.